The Morgan fingerprint density at radius 2 is 2.19 bits per heavy atom. The Morgan fingerprint density at radius 3 is 3.00 bits per heavy atom. The van der Waals surface area contributed by atoms with Crippen LogP contribution in [0.2, 0.25) is 0 Å². The van der Waals surface area contributed by atoms with E-state index in [0.29, 0.717) is 12.0 Å². The molecule has 1 aliphatic rings. The van der Waals surface area contributed by atoms with E-state index in [9.17, 15) is 0 Å². The molecule has 3 heteroatoms. The molecule has 0 saturated carbocycles. The summed E-state index contributed by atoms with van der Waals surface area (Å²) in [5.41, 5.74) is 2.94. The summed E-state index contributed by atoms with van der Waals surface area (Å²) in [6.45, 7) is 3.33. The van der Waals surface area contributed by atoms with E-state index in [1.807, 2.05) is 11.8 Å². The number of aromatic nitrogens is 1. The molecule has 0 amide bonds. The lowest BCUT2D eigenvalue weighted by atomic mass is 10.0. The average Bonchev–Trinajstić information content (AvgIpc) is 3.13. The number of benzene rings is 1. The molecule has 1 aromatic heterocycles. The second-order valence-corrected chi connectivity index (χ2v) is 6.88. The summed E-state index contributed by atoms with van der Waals surface area (Å²) in [6.07, 6.45) is 6.97. The molecule has 3 rings (SSSR count). The van der Waals surface area contributed by atoms with Crippen molar-refractivity contribution in [1.29, 1.82) is 0 Å². The maximum absolute atomic E-state index is 3.42. The molecule has 0 saturated heterocycles. The highest BCUT2D eigenvalue weighted by molar-refractivity contribution is 7.99. The van der Waals surface area contributed by atoms with Gasteiger partial charge in [-0.25, -0.2) is 0 Å². The Labute approximate surface area is 131 Å². The van der Waals surface area contributed by atoms with Crippen LogP contribution in [0.4, 0.5) is 0 Å². The maximum atomic E-state index is 3.42. The first-order valence-corrected chi connectivity index (χ1v) is 8.85. The Kier molecular flexibility index (Phi) is 4.71. The molecule has 21 heavy (non-hydrogen) atoms. The van der Waals surface area contributed by atoms with E-state index in [4.69, 9.17) is 0 Å². The normalized spacial score (nSPS) is 18.7. The van der Waals surface area contributed by atoms with E-state index in [1.54, 1.807) is 0 Å². The molecular formula is C18H24N2S. The highest BCUT2D eigenvalue weighted by atomic mass is 32.2. The number of thioether (sulfide) groups is 1. The predicted molar refractivity (Wildman–Crippen MR) is 91.0 cm³/mol. The Balaban J connectivity index is 1.71. The molecule has 2 unspecified atom stereocenters. The number of hydrogen-bond acceptors (Lipinski definition) is 2. The molecular weight excluding hydrogens is 276 g/mol. The van der Waals surface area contributed by atoms with E-state index in [2.05, 4.69) is 66.6 Å². The van der Waals surface area contributed by atoms with Gasteiger partial charge in [0.25, 0.3) is 0 Å². The molecule has 0 spiro atoms. The van der Waals surface area contributed by atoms with Crippen molar-refractivity contribution in [3.05, 3.63) is 53.9 Å². The van der Waals surface area contributed by atoms with Gasteiger partial charge in [0, 0.05) is 41.5 Å². The first-order valence-electron chi connectivity index (χ1n) is 7.86. The fourth-order valence-electron chi connectivity index (χ4n) is 3.18. The summed E-state index contributed by atoms with van der Waals surface area (Å²) < 4.78 is 2.36. The van der Waals surface area contributed by atoms with Crippen molar-refractivity contribution in [1.82, 2.24) is 9.88 Å². The van der Waals surface area contributed by atoms with Crippen LogP contribution in [0, 0.1) is 0 Å². The zero-order valence-electron chi connectivity index (χ0n) is 12.9. The molecule has 2 heterocycles. The lowest BCUT2D eigenvalue weighted by molar-refractivity contribution is 0.537. The molecule has 0 radical (unpaired) electrons. The summed E-state index contributed by atoms with van der Waals surface area (Å²) in [5.74, 6) is 1.85. The molecule has 1 aromatic carbocycles. The molecule has 112 valence electrons. The lowest BCUT2D eigenvalue weighted by Gasteiger charge is -2.14. The van der Waals surface area contributed by atoms with Gasteiger partial charge in [0.2, 0.25) is 0 Å². The van der Waals surface area contributed by atoms with Gasteiger partial charge in [0.1, 0.15) is 0 Å². The smallest absolute Gasteiger partial charge is 0.0332 e. The van der Waals surface area contributed by atoms with E-state index in [0.717, 1.165) is 6.54 Å². The molecule has 1 N–H and O–H groups in total. The fraction of sp³-hybridized carbons (Fsp3) is 0.444. The average molecular weight is 300 g/mol. The van der Waals surface area contributed by atoms with E-state index in [-0.39, 0.29) is 0 Å². The molecule has 0 aliphatic carbocycles. The van der Waals surface area contributed by atoms with E-state index < -0.39 is 0 Å². The monoisotopic (exact) mass is 300 g/mol. The molecule has 0 bridgehead atoms. The van der Waals surface area contributed by atoms with Gasteiger partial charge >= 0.3 is 0 Å². The predicted octanol–water partition coefficient (Wildman–Crippen LogP) is 4.44. The number of hydrogen-bond donors (Lipinski definition) is 1. The third-order valence-electron chi connectivity index (χ3n) is 4.33. The molecule has 2 atom stereocenters. The number of fused-ring (bicyclic) bond motifs is 1. The second-order valence-electron chi connectivity index (χ2n) is 5.82. The van der Waals surface area contributed by atoms with Gasteiger partial charge in [-0.2, -0.15) is 0 Å². The van der Waals surface area contributed by atoms with E-state index >= 15 is 0 Å². The molecule has 2 aromatic rings. The largest absolute Gasteiger partial charge is 0.353 e. The van der Waals surface area contributed by atoms with Crippen LogP contribution < -0.4 is 5.32 Å². The van der Waals surface area contributed by atoms with Crippen LogP contribution in [0.1, 0.15) is 42.9 Å². The van der Waals surface area contributed by atoms with Crippen LogP contribution in [0.25, 0.3) is 0 Å². The van der Waals surface area contributed by atoms with Crippen molar-refractivity contribution in [3.8, 4) is 0 Å². The molecule has 2 nitrogen and oxygen atoms in total. The van der Waals surface area contributed by atoms with Crippen LogP contribution >= 0.6 is 11.8 Å². The van der Waals surface area contributed by atoms with Crippen molar-refractivity contribution in [2.75, 3.05) is 12.8 Å². The summed E-state index contributed by atoms with van der Waals surface area (Å²) in [5, 5.41) is 3.42. The number of nitrogens with one attached hydrogen (secondary N) is 1. The van der Waals surface area contributed by atoms with Crippen molar-refractivity contribution in [3.63, 3.8) is 0 Å². The van der Waals surface area contributed by atoms with Crippen LogP contribution in [0.15, 0.2) is 47.6 Å². The van der Waals surface area contributed by atoms with Crippen LogP contribution in [0.3, 0.4) is 0 Å². The summed E-state index contributed by atoms with van der Waals surface area (Å²) in [6, 6.07) is 11.6. The van der Waals surface area contributed by atoms with Gasteiger partial charge < -0.3 is 9.88 Å². The van der Waals surface area contributed by atoms with Gasteiger partial charge in [-0.1, -0.05) is 31.5 Å². The fourth-order valence-corrected chi connectivity index (χ4v) is 4.42. The van der Waals surface area contributed by atoms with Crippen LogP contribution in [-0.2, 0) is 6.54 Å². The van der Waals surface area contributed by atoms with Crippen molar-refractivity contribution >= 4 is 11.8 Å². The summed E-state index contributed by atoms with van der Waals surface area (Å²) in [4.78, 5) is 1.47. The highest BCUT2D eigenvalue weighted by Crippen LogP contribution is 2.40. The van der Waals surface area contributed by atoms with E-state index in [1.165, 1.54) is 34.6 Å². The summed E-state index contributed by atoms with van der Waals surface area (Å²) in [7, 11) is 2.06. The lowest BCUT2D eigenvalue weighted by Crippen LogP contribution is -2.15. The number of rotatable bonds is 6. The van der Waals surface area contributed by atoms with Crippen molar-refractivity contribution in [2.45, 2.75) is 43.2 Å². The topological polar surface area (TPSA) is 17.0 Å². The zero-order chi connectivity index (χ0) is 14.7. The minimum atomic E-state index is 0.487. The Morgan fingerprint density at radius 1 is 1.33 bits per heavy atom. The highest BCUT2D eigenvalue weighted by Gasteiger charge is 2.23. The third kappa shape index (κ3) is 3.19. The number of nitrogens with zero attached hydrogens (tertiary/aromatic N) is 1. The molecule has 0 fully saturated rings. The Hall–Kier alpha value is -1.19. The van der Waals surface area contributed by atoms with Gasteiger partial charge in [0.15, 0.2) is 0 Å². The second kappa shape index (κ2) is 6.71. The first kappa shape index (κ1) is 14.7. The van der Waals surface area contributed by atoms with Gasteiger partial charge in [0.05, 0.1) is 0 Å². The first-order chi connectivity index (χ1) is 10.3. The van der Waals surface area contributed by atoms with Crippen molar-refractivity contribution < 1.29 is 0 Å². The van der Waals surface area contributed by atoms with Crippen LogP contribution in [-0.4, -0.2) is 17.4 Å². The van der Waals surface area contributed by atoms with Crippen LogP contribution in [0.5, 0.6) is 0 Å². The van der Waals surface area contributed by atoms with Gasteiger partial charge in [-0.15, -0.1) is 11.8 Å². The maximum Gasteiger partial charge on any atom is 0.0332 e. The van der Waals surface area contributed by atoms with Gasteiger partial charge in [-0.05, 0) is 36.7 Å². The molecule has 1 aliphatic heterocycles. The minimum Gasteiger partial charge on any atom is -0.353 e. The van der Waals surface area contributed by atoms with Crippen molar-refractivity contribution in [2.24, 2.45) is 0 Å². The third-order valence-corrected chi connectivity index (χ3v) is 5.58. The summed E-state index contributed by atoms with van der Waals surface area (Å²) >= 11 is 2.00. The SMILES string of the molecule is CCCC(NC)c1ccn(CC2CSc3ccccc32)c1. The quantitative estimate of drug-likeness (QED) is 0.849. The van der Waals surface area contributed by atoms with Gasteiger partial charge in [-0.3, -0.25) is 0 Å². The standard InChI is InChI=1S/C18H24N2S/c1-3-6-17(19-2)14-9-10-20(11-14)12-15-13-21-18-8-5-4-7-16(15)18/h4-5,7-11,15,17,19H,3,6,12-13H2,1-2H3. The zero-order valence-corrected chi connectivity index (χ0v) is 13.7. The minimum absolute atomic E-state index is 0.487. The Bertz CT molecular complexity index is 590.